The van der Waals surface area contributed by atoms with Crippen LogP contribution in [0.4, 0.5) is 4.39 Å². The average Bonchev–Trinajstić information content (AvgIpc) is 2.19. The van der Waals surface area contributed by atoms with Gasteiger partial charge in [0, 0.05) is 12.8 Å². The van der Waals surface area contributed by atoms with E-state index in [9.17, 15) is 14.3 Å². The summed E-state index contributed by atoms with van der Waals surface area (Å²) in [6, 6.07) is 4.57. The Hall–Kier alpha value is -1.00. The number of halogens is 2. The number of allylic oxidation sites excluding steroid dienone is 1. The summed E-state index contributed by atoms with van der Waals surface area (Å²) in [6.07, 6.45) is 2.06. The highest BCUT2D eigenvalue weighted by Crippen LogP contribution is 2.33. The van der Waals surface area contributed by atoms with Crippen LogP contribution in [0, 0.1) is 5.82 Å². The molecule has 0 saturated carbocycles. The third-order valence-corrected chi connectivity index (χ3v) is 3.36. The fourth-order valence-corrected chi connectivity index (χ4v) is 2.40. The molecule has 0 heterocycles. The molecule has 1 aromatic carbocycles. The minimum atomic E-state index is -1.01. The van der Waals surface area contributed by atoms with E-state index in [1.165, 1.54) is 12.1 Å². The van der Waals surface area contributed by atoms with Gasteiger partial charge in [-0.05, 0) is 52.2 Å². The van der Waals surface area contributed by atoms with Gasteiger partial charge >= 0.3 is 0 Å². The molecular weight excluding hydrogens is 287 g/mol. The first-order chi connectivity index (χ1) is 7.87. The van der Waals surface area contributed by atoms with Gasteiger partial charge in [0.2, 0.25) is 0 Å². The second kappa shape index (κ2) is 4.35. The zero-order valence-electron chi connectivity index (χ0n) is 9.34. The molecule has 0 aromatic heterocycles. The van der Waals surface area contributed by atoms with Crippen LogP contribution in [0.1, 0.15) is 25.3 Å². The Morgan fingerprint density at radius 3 is 2.71 bits per heavy atom. The van der Waals surface area contributed by atoms with Gasteiger partial charge in [0.1, 0.15) is 5.82 Å². The van der Waals surface area contributed by atoms with Crippen molar-refractivity contribution < 1.29 is 14.3 Å². The standard InChI is InChI=1S/C13H12BrFO2/c1-13(17)6-9(4-10(16)7-13)8-2-3-12(15)11(14)5-8/h2-5,17H,6-7H2,1H3. The molecule has 1 unspecified atom stereocenters. The van der Waals surface area contributed by atoms with Gasteiger partial charge in [0.15, 0.2) is 5.78 Å². The molecule has 0 spiro atoms. The fourth-order valence-electron chi connectivity index (χ4n) is 2.03. The van der Waals surface area contributed by atoms with Crippen LogP contribution < -0.4 is 0 Å². The van der Waals surface area contributed by atoms with E-state index in [0.717, 1.165) is 11.1 Å². The molecule has 0 saturated heterocycles. The van der Waals surface area contributed by atoms with Gasteiger partial charge in [0.05, 0.1) is 10.1 Å². The lowest BCUT2D eigenvalue weighted by molar-refractivity contribution is -0.119. The van der Waals surface area contributed by atoms with Crippen LogP contribution in [0.2, 0.25) is 0 Å². The summed E-state index contributed by atoms with van der Waals surface area (Å²) in [6.45, 7) is 1.64. The quantitative estimate of drug-likeness (QED) is 0.865. The molecule has 1 N–H and O–H groups in total. The zero-order valence-corrected chi connectivity index (χ0v) is 10.9. The second-order valence-corrected chi connectivity index (χ2v) is 5.47. The first-order valence-corrected chi connectivity index (χ1v) is 6.08. The maximum Gasteiger partial charge on any atom is 0.158 e. The predicted octanol–water partition coefficient (Wildman–Crippen LogP) is 3.09. The van der Waals surface area contributed by atoms with Crippen molar-refractivity contribution in [3.8, 4) is 0 Å². The van der Waals surface area contributed by atoms with E-state index < -0.39 is 5.60 Å². The molecule has 0 bridgehead atoms. The Morgan fingerprint density at radius 2 is 2.12 bits per heavy atom. The first kappa shape index (κ1) is 12.5. The van der Waals surface area contributed by atoms with Crippen LogP contribution in [-0.2, 0) is 4.79 Å². The van der Waals surface area contributed by atoms with Crippen LogP contribution >= 0.6 is 15.9 Å². The first-order valence-electron chi connectivity index (χ1n) is 5.29. The largest absolute Gasteiger partial charge is 0.389 e. The summed E-state index contributed by atoms with van der Waals surface area (Å²) >= 11 is 3.11. The number of ketones is 1. The van der Waals surface area contributed by atoms with Crippen molar-refractivity contribution in [2.75, 3.05) is 0 Å². The van der Waals surface area contributed by atoms with Crippen molar-refractivity contribution in [3.63, 3.8) is 0 Å². The Labute approximate surface area is 107 Å². The molecule has 2 rings (SSSR count). The number of rotatable bonds is 1. The Kier molecular flexibility index (Phi) is 3.19. The zero-order chi connectivity index (χ0) is 12.6. The highest BCUT2D eigenvalue weighted by atomic mass is 79.9. The van der Waals surface area contributed by atoms with Crippen LogP contribution in [0.25, 0.3) is 5.57 Å². The van der Waals surface area contributed by atoms with Crippen molar-refractivity contribution in [1.82, 2.24) is 0 Å². The third kappa shape index (κ3) is 2.82. The average molecular weight is 299 g/mol. The summed E-state index contributed by atoms with van der Waals surface area (Å²) in [7, 11) is 0. The van der Waals surface area contributed by atoms with Gasteiger partial charge in [-0.2, -0.15) is 0 Å². The van der Waals surface area contributed by atoms with Crippen LogP contribution in [0.15, 0.2) is 28.7 Å². The minimum absolute atomic E-state index is 0.100. The van der Waals surface area contributed by atoms with Crippen molar-refractivity contribution in [2.24, 2.45) is 0 Å². The fraction of sp³-hybridized carbons (Fsp3) is 0.308. The van der Waals surface area contributed by atoms with E-state index in [2.05, 4.69) is 15.9 Å². The molecule has 90 valence electrons. The molecule has 17 heavy (non-hydrogen) atoms. The van der Waals surface area contributed by atoms with Gasteiger partial charge < -0.3 is 5.11 Å². The SMILES string of the molecule is CC1(O)CC(=O)C=C(c2ccc(F)c(Br)c2)C1. The van der Waals surface area contributed by atoms with Crippen molar-refractivity contribution in [2.45, 2.75) is 25.4 Å². The van der Waals surface area contributed by atoms with Gasteiger partial charge in [-0.1, -0.05) is 6.07 Å². The number of aliphatic hydroxyl groups is 1. The van der Waals surface area contributed by atoms with E-state index in [1.54, 1.807) is 19.1 Å². The van der Waals surface area contributed by atoms with Gasteiger partial charge in [0.25, 0.3) is 0 Å². The monoisotopic (exact) mass is 298 g/mol. The Bertz CT molecular complexity index is 506. The minimum Gasteiger partial charge on any atom is -0.389 e. The lowest BCUT2D eigenvalue weighted by Gasteiger charge is -2.27. The molecular formula is C13H12BrFO2. The molecule has 1 atom stereocenters. The van der Waals surface area contributed by atoms with E-state index in [4.69, 9.17) is 0 Å². The van der Waals surface area contributed by atoms with Gasteiger partial charge in [-0.15, -0.1) is 0 Å². The van der Waals surface area contributed by atoms with Gasteiger partial charge in [-0.25, -0.2) is 4.39 Å². The number of benzene rings is 1. The maximum absolute atomic E-state index is 13.1. The maximum atomic E-state index is 13.1. The number of carbonyl (C=O) groups excluding carboxylic acids is 1. The molecule has 0 radical (unpaired) electrons. The van der Waals surface area contributed by atoms with Crippen LogP contribution in [0.3, 0.4) is 0 Å². The smallest absolute Gasteiger partial charge is 0.158 e. The number of hydrogen-bond donors (Lipinski definition) is 1. The summed E-state index contributed by atoms with van der Waals surface area (Å²) in [5.74, 6) is -0.444. The predicted molar refractivity (Wildman–Crippen MR) is 66.9 cm³/mol. The molecule has 1 aliphatic rings. The van der Waals surface area contributed by atoms with Crippen LogP contribution in [-0.4, -0.2) is 16.5 Å². The topological polar surface area (TPSA) is 37.3 Å². The number of hydrogen-bond acceptors (Lipinski definition) is 2. The molecule has 0 amide bonds. The third-order valence-electron chi connectivity index (χ3n) is 2.75. The summed E-state index contributed by atoms with van der Waals surface area (Å²) in [4.78, 5) is 11.5. The van der Waals surface area contributed by atoms with E-state index >= 15 is 0 Å². The highest BCUT2D eigenvalue weighted by Gasteiger charge is 2.30. The second-order valence-electron chi connectivity index (χ2n) is 4.62. The van der Waals surface area contributed by atoms with Crippen molar-refractivity contribution in [1.29, 1.82) is 0 Å². The van der Waals surface area contributed by atoms with Crippen molar-refractivity contribution in [3.05, 3.63) is 40.1 Å². The van der Waals surface area contributed by atoms with E-state index in [0.29, 0.717) is 10.9 Å². The molecule has 1 aromatic rings. The number of carbonyl (C=O) groups is 1. The molecule has 4 heteroatoms. The Balaban J connectivity index is 2.39. The molecule has 0 fully saturated rings. The normalized spacial score (nSPS) is 24.7. The van der Waals surface area contributed by atoms with Gasteiger partial charge in [-0.3, -0.25) is 4.79 Å². The van der Waals surface area contributed by atoms with Crippen molar-refractivity contribution >= 4 is 27.3 Å². The van der Waals surface area contributed by atoms with Crippen LogP contribution in [0.5, 0.6) is 0 Å². The molecule has 1 aliphatic carbocycles. The summed E-state index contributed by atoms with van der Waals surface area (Å²) < 4.78 is 13.5. The molecule has 2 nitrogen and oxygen atoms in total. The lowest BCUT2D eigenvalue weighted by Crippen LogP contribution is -2.30. The molecule has 0 aliphatic heterocycles. The van der Waals surface area contributed by atoms with E-state index in [1.807, 2.05) is 0 Å². The highest BCUT2D eigenvalue weighted by molar-refractivity contribution is 9.10. The summed E-state index contributed by atoms with van der Waals surface area (Å²) in [5.41, 5.74) is 0.487. The Morgan fingerprint density at radius 1 is 1.41 bits per heavy atom. The summed E-state index contributed by atoms with van der Waals surface area (Å²) in [5, 5.41) is 9.95. The lowest BCUT2D eigenvalue weighted by atomic mass is 9.83. The van der Waals surface area contributed by atoms with E-state index in [-0.39, 0.29) is 18.0 Å².